The van der Waals surface area contributed by atoms with Crippen molar-refractivity contribution in [3.05, 3.63) is 89.7 Å². The normalized spacial score (nSPS) is 15.4. The maximum Gasteiger partial charge on any atom is 0.311 e. The molecule has 0 aromatic heterocycles. The van der Waals surface area contributed by atoms with Crippen molar-refractivity contribution in [2.24, 2.45) is 5.92 Å². The molecule has 1 atom stereocenters. The molecule has 0 N–H and O–H groups in total. The topological polar surface area (TPSA) is 72.9 Å². The molecule has 1 heterocycles. The van der Waals surface area contributed by atoms with Crippen molar-refractivity contribution in [1.29, 1.82) is 0 Å². The number of Topliss-reactive ketones (excluding diaryl/α,β-unsaturated/α-hetero) is 1. The first kappa shape index (κ1) is 22.2. The van der Waals surface area contributed by atoms with E-state index in [4.69, 9.17) is 9.47 Å². The summed E-state index contributed by atoms with van der Waals surface area (Å²) in [6.45, 7) is 1.71. The van der Waals surface area contributed by atoms with Crippen LogP contribution in [0.25, 0.3) is 0 Å². The van der Waals surface area contributed by atoms with E-state index < -0.39 is 30.1 Å². The summed E-state index contributed by atoms with van der Waals surface area (Å²) in [6.07, 6.45) is 0.00515. The minimum Gasteiger partial charge on any atom is -0.457 e. The number of aryl methyl sites for hydroxylation is 1. The molecule has 1 aliphatic rings. The summed E-state index contributed by atoms with van der Waals surface area (Å²) in [4.78, 5) is 38.5. The molecular formula is C26H22FNO5. The number of hydrogen-bond acceptors (Lipinski definition) is 5. The standard InChI is InChI=1S/C26H22FNO5/c1-17-2-10-22(11-3-17)33-23-12-8-21(9-13-23)28-15-19(14-25(28)30)26(31)32-16-24(29)18-4-6-20(27)7-5-18/h2-13,19H,14-16H2,1H3/t19-/m1/s1. The van der Waals surface area contributed by atoms with Crippen molar-refractivity contribution >= 4 is 23.3 Å². The van der Waals surface area contributed by atoms with Gasteiger partial charge in [-0.05, 0) is 67.6 Å². The van der Waals surface area contributed by atoms with Crippen molar-refractivity contribution in [3.8, 4) is 11.5 Å². The molecular weight excluding hydrogens is 425 g/mol. The molecule has 4 rings (SSSR count). The maximum absolute atomic E-state index is 13.0. The van der Waals surface area contributed by atoms with Gasteiger partial charge in [-0.1, -0.05) is 17.7 Å². The van der Waals surface area contributed by atoms with Gasteiger partial charge in [0.1, 0.15) is 17.3 Å². The van der Waals surface area contributed by atoms with Gasteiger partial charge in [-0.2, -0.15) is 0 Å². The van der Waals surface area contributed by atoms with Gasteiger partial charge in [-0.25, -0.2) is 4.39 Å². The fourth-order valence-corrected chi connectivity index (χ4v) is 3.53. The molecule has 6 nitrogen and oxygen atoms in total. The third-order valence-electron chi connectivity index (χ3n) is 5.38. The van der Waals surface area contributed by atoms with E-state index in [9.17, 15) is 18.8 Å². The Labute approximate surface area is 190 Å². The van der Waals surface area contributed by atoms with Crippen molar-refractivity contribution in [2.75, 3.05) is 18.1 Å². The molecule has 3 aromatic carbocycles. The largest absolute Gasteiger partial charge is 0.457 e. The van der Waals surface area contributed by atoms with Crippen LogP contribution in [-0.4, -0.2) is 30.8 Å². The number of benzene rings is 3. The van der Waals surface area contributed by atoms with Crippen LogP contribution in [0, 0.1) is 18.7 Å². The number of rotatable bonds is 7. The minimum absolute atomic E-state index is 0.00515. The number of hydrogen-bond donors (Lipinski definition) is 0. The predicted octanol–water partition coefficient (Wildman–Crippen LogP) is 4.71. The van der Waals surface area contributed by atoms with Gasteiger partial charge in [0, 0.05) is 24.2 Å². The molecule has 0 spiro atoms. The van der Waals surface area contributed by atoms with Crippen molar-refractivity contribution < 1.29 is 28.2 Å². The SMILES string of the molecule is Cc1ccc(Oc2ccc(N3C[C@H](C(=O)OCC(=O)c4ccc(F)cc4)CC3=O)cc2)cc1. The first-order valence-corrected chi connectivity index (χ1v) is 10.5. The van der Waals surface area contributed by atoms with Crippen LogP contribution in [0.15, 0.2) is 72.8 Å². The van der Waals surface area contributed by atoms with Crippen LogP contribution in [0.2, 0.25) is 0 Å². The van der Waals surface area contributed by atoms with Crippen LogP contribution in [0.4, 0.5) is 10.1 Å². The molecule has 0 aliphatic carbocycles. The van der Waals surface area contributed by atoms with E-state index in [2.05, 4.69) is 0 Å². The maximum atomic E-state index is 13.0. The smallest absolute Gasteiger partial charge is 0.311 e. The Morgan fingerprint density at radius 3 is 2.18 bits per heavy atom. The monoisotopic (exact) mass is 447 g/mol. The number of nitrogens with zero attached hydrogens (tertiary/aromatic N) is 1. The Bertz CT molecular complexity index is 1160. The fraction of sp³-hybridized carbons (Fsp3) is 0.192. The van der Waals surface area contributed by atoms with E-state index in [1.165, 1.54) is 29.2 Å². The number of amides is 1. The van der Waals surface area contributed by atoms with Crippen LogP contribution in [-0.2, 0) is 14.3 Å². The van der Waals surface area contributed by atoms with Gasteiger partial charge in [-0.15, -0.1) is 0 Å². The van der Waals surface area contributed by atoms with Gasteiger partial charge in [-0.3, -0.25) is 14.4 Å². The Morgan fingerprint density at radius 1 is 0.939 bits per heavy atom. The summed E-state index contributed by atoms with van der Waals surface area (Å²) in [5.41, 5.74) is 2.04. The average Bonchev–Trinajstić information content (AvgIpc) is 3.21. The van der Waals surface area contributed by atoms with Crippen LogP contribution in [0.3, 0.4) is 0 Å². The molecule has 3 aromatic rings. The Balaban J connectivity index is 1.32. The Hall–Kier alpha value is -4.00. The summed E-state index contributed by atoms with van der Waals surface area (Å²) >= 11 is 0. The van der Waals surface area contributed by atoms with Gasteiger partial charge >= 0.3 is 5.97 Å². The van der Waals surface area contributed by atoms with Gasteiger partial charge in [0.2, 0.25) is 5.91 Å². The van der Waals surface area contributed by atoms with Gasteiger partial charge in [0.15, 0.2) is 12.4 Å². The second-order valence-corrected chi connectivity index (χ2v) is 7.85. The molecule has 0 bridgehead atoms. The zero-order valence-electron chi connectivity index (χ0n) is 18.0. The number of ether oxygens (including phenoxy) is 2. The number of carbonyl (C=O) groups excluding carboxylic acids is 3. The van der Waals surface area contributed by atoms with Gasteiger partial charge in [0.05, 0.1) is 5.92 Å². The summed E-state index contributed by atoms with van der Waals surface area (Å²) in [5.74, 6) is -1.03. The molecule has 0 saturated carbocycles. The first-order chi connectivity index (χ1) is 15.9. The Morgan fingerprint density at radius 2 is 1.55 bits per heavy atom. The van der Waals surface area contributed by atoms with Crippen molar-refractivity contribution in [1.82, 2.24) is 0 Å². The highest BCUT2D eigenvalue weighted by Gasteiger charge is 2.36. The number of halogens is 1. The lowest BCUT2D eigenvalue weighted by Gasteiger charge is -2.17. The zero-order chi connectivity index (χ0) is 23.4. The van der Waals surface area contributed by atoms with Gasteiger partial charge in [0.25, 0.3) is 0 Å². The predicted molar refractivity (Wildman–Crippen MR) is 120 cm³/mol. The van der Waals surface area contributed by atoms with Crippen LogP contribution in [0.1, 0.15) is 22.3 Å². The molecule has 168 valence electrons. The minimum atomic E-state index is -0.665. The van der Waals surface area contributed by atoms with Crippen molar-refractivity contribution in [2.45, 2.75) is 13.3 Å². The molecule has 1 aliphatic heterocycles. The number of esters is 1. The lowest BCUT2D eigenvalue weighted by Crippen LogP contribution is -2.27. The third-order valence-corrected chi connectivity index (χ3v) is 5.38. The molecule has 33 heavy (non-hydrogen) atoms. The fourth-order valence-electron chi connectivity index (χ4n) is 3.53. The van der Waals surface area contributed by atoms with E-state index in [1.807, 2.05) is 31.2 Å². The molecule has 7 heteroatoms. The van der Waals surface area contributed by atoms with Crippen molar-refractivity contribution in [3.63, 3.8) is 0 Å². The molecule has 0 unspecified atom stereocenters. The quantitative estimate of drug-likeness (QED) is 0.388. The van der Waals surface area contributed by atoms with Crippen LogP contribution >= 0.6 is 0 Å². The van der Waals surface area contributed by atoms with Crippen LogP contribution in [0.5, 0.6) is 11.5 Å². The zero-order valence-corrected chi connectivity index (χ0v) is 18.0. The van der Waals surface area contributed by atoms with E-state index in [-0.39, 0.29) is 24.4 Å². The van der Waals surface area contributed by atoms with E-state index in [0.29, 0.717) is 17.2 Å². The number of anilines is 1. The second kappa shape index (κ2) is 9.65. The summed E-state index contributed by atoms with van der Waals surface area (Å²) in [5, 5.41) is 0. The van der Waals surface area contributed by atoms with Crippen LogP contribution < -0.4 is 9.64 Å². The third kappa shape index (κ3) is 5.44. The van der Waals surface area contributed by atoms with E-state index in [1.54, 1.807) is 24.3 Å². The highest BCUT2D eigenvalue weighted by atomic mass is 19.1. The van der Waals surface area contributed by atoms with Gasteiger partial charge < -0.3 is 14.4 Å². The molecule has 1 saturated heterocycles. The summed E-state index contributed by atoms with van der Waals surface area (Å²) in [6, 6.07) is 19.7. The molecule has 1 amide bonds. The number of ketones is 1. The van der Waals surface area contributed by atoms with E-state index >= 15 is 0 Å². The second-order valence-electron chi connectivity index (χ2n) is 7.85. The molecule has 1 fully saturated rings. The summed E-state index contributed by atoms with van der Waals surface area (Å²) in [7, 11) is 0. The first-order valence-electron chi connectivity index (χ1n) is 10.5. The average molecular weight is 447 g/mol. The van der Waals surface area contributed by atoms with E-state index in [0.717, 1.165) is 5.56 Å². The lowest BCUT2D eigenvalue weighted by molar-refractivity contribution is -0.147. The Kier molecular flexibility index (Phi) is 6.49. The lowest BCUT2D eigenvalue weighted by atomic mass is 10.1. The highest BCUT2D eigenvalue weighted by molar-refractivity contribution is 6.01. The number of carbonyl (C=O) groups is 3. The summed E-state index contributed by atoms with van der Waals surface area (Å²) < 4.78 is 23.9. The highest BCUT2D eigenvalue weighted by Crippen LogP contribution is 2.29. The molecule has 0 radical (unpaired) electrons.